The number of nitro groups is 1. The zero-order valence-corrected chi connectivity index (χ0v) is 14.3. The van der Waals surface area contributed by atoms with E-state index in [2.05, 4.69) is 15.5 Å². The Hall–Kier alpha value is -3.87. The summed E-state index contributed by atoms with van der Waals surface area (Å²) in [5, 5.41) is 22.3. The molecule has 0 saturated heterocycles. The van der Waals surface area contributed by atoms with Crippen molar-refractivity contribution in [3.05, 3.63) is 88.6 Å². The third kappa shape index (κ3) is 3.72. The molecule has 3 aromatic carbocycles. The van der Waals surface area contributed by atoms with Gasteiger partial charge in [-0.25, -0.2) is 0 Å². The van der Waals surface area contributed by atoms with Crippen LogP contribution >= 0.6 is 0 Å². The van der Waals surface area contributed by atoms with Gasteiger partial charge in [-0.2, -0.15) is 5.10 Å². The number of nitro benzene ring substituents is 1. The standard InChI is InChI=1S/C20H16N4O3/c25-24(26)20-9-8-17(11-19(20)21-12-14-4-2-1-3-5-14)27-16-7-6-15-13-22-23-18(15)10-16/h1-11,13,21H,12H2,(H,22,23). The molecule has 0 spiro atoms. The van der Waals surface area contributed by atoms with Gasteiger partial charge in [0.2, 0.25) is 0 Å². The van der Waals surface area contributed by atoms with Crippen molar-refractivity contribution in [2.45, 2.75) is 6.54 Å². The van der Waals surface area contributed by atoms with Crippen molar-refractivity contribution >= 4 is 22.3 Å². The van der Waals surface area contributed by atoms with Gasteiger partial charge in [-0.15, -0.1) is 0 Å². The molecule has 7 heteroatoms. The van der Waals surface area contributed by atoms with Gasteiger partial charge in [0.1, 0.15) is 17.2 Å². The van der Waals surface area contributed by atoms with Crippen LogP contribution in [0.5, 0.6) is 11.5 Å². The molecule has 1 aromatic heterocycles. The number of rotatable bonds is 6. The molecule has 7 nitrogen and oxygen atoms in total. The van der Waals surface area contributed by atoms with Gasteiger partial charge in [-0.05, 0) is 23.8 Å². The van der Waals surface area contributed by atoms with E-state index in [1.807, 2.05) is 48.5 Å². The zero-order chi connectivity index (χ0) is 18.6. The van der Waals surface area contributed by atoms with Crippen LogP contribution in [0.3, 0.4) is 0 Å². The Kier molecular flexibility index (Phi) is 4.40. The number of aromatic nitrogens is 2. The number of anilines is 1. The lowest BCUT2D eigenvalue weighted by Crippen LogP contribution is -2.03. The maximum atomic E-state index is 11.3. The van der Waals surface area contributed by atoms with Gasteiger partial charge in [0.05, 0.1) is 16.6 Å². The topological polar surface area (TPSA) is 93.1 Å². The van der Waals surface area contributed by atoms with Crippen LogP contribution in [0.25, 0.3) is 10.9 Å². The second-order valence-corrected chi connectivity index (χ2v) is 6.00. The molecule has 0 saturated carbocycles. The van der Waals surface area contributed by atoms with Crippen LogP contribution in [0.4, 0.5) is 11.4 Å². The first-order valence-electron chi connectivity index (χ1n) is 8.36. The molecule has 0 aliphatic heterocycles. The van der Waals surface area contributed by atoms with Crippen LogP contribution in [0.2, 0.25) is 0 Å². The van der Waals surface area contributed by atoms with E-state index in [9.17, 15) is 10.1 Å². The molecule has 134 valence electrons. The fraction of sp³-hybridized carbons (Fsp3) is 0.0500. The summed E-state index contributed by atoms with van der Waals surface area (Å²) in [6.45, 7) is 0.477. The van der Waals surface area contributed by atoms with E-state index in [-0.39, 0.29) is 5.69 Å². The number of benzene rings is 3. The lowest BCUT2D eigenvalue weighted by Gasteiger charge is -2.10. The monoisotopic (exact) mass is 360 g/mol. The molecule has 0 aliphatic rings. The van der Waals surface area contributed by atoms with Crippen LogP contribution in [0.1, 0.15) is 5.56 Å². The molecule has 4 aromatic rings. The van der Waals surface area contributed by atoms with Crippen LogP contribution in [-0.2, 0) is 6.54 Å². The zero-order valence-electron chi connectivity index (χ0n) is 14.3. The van der Waals surface area contributed by atoms with Crippen molar-refractivity contribution in [1.82, 2.24) is 10.2 Å². The van der Waals surface area contributed by atoms with Crippen LogP contribution in [0, 0.1) is 10.1 Å². The number of hydrogen-bond donors (Lipinski definition) is 2. The van der Waals surface area contributed by atoms with E-state index in [1.54, 1.807) is 18.3 Å². The summed E-state index contributed by atoms with van der Waals surface area (Å²) in [6.07, 6.45) is 1.73. The highest BCUT2D eigenvalue weighted by molar-refractivity contribution is 5.79. The second kappa shape index (κ2) is 7.17. The Morgan fingerprint density at radius 3 is 2.63 bits per heavy atom. The Bertz CT molecular complexity index is 1090. The number of ether oxygens (including phenoxy) is 1. The highest BCUT2D eigenvalue weighted by Gasteiger charge is 2.15. The predicted molar refractivity (Wildman–Crippen MR) is 103 cm³/mol. The fourth-order valence-corrected chi connectivity index (χ4v) is 2.79. The van der Waals surface area contributed by atoms with E-state index >= 15 is 0 Å². The minimum atomic E-state index is -0.409. The number of fused-ring (bicyclic) bond motifs is 1. The lowest BCUT2D eigenvalue weighted by atomic mass is 10.2. The number of H-pyrrole nitrogens is 1. The van der Waals surface area contributed by atoms with Gasteiger partial charge in [-0.3, -0.25) is 15.2 Å². The first-order valence-corrected chi connectivity index (χ1v) is 8.36. The van der Waals surface area contributed by atoms with E-state index < -0.39 is 4.92 Å². The highest BCUT2D eigenvalue weighted by Crippen LogP contribution is 2.32. The summed E-state index contributed by atoms with van der Waals surface area (Å²) in [5.74, 6) is 1.13. The van der Waals surface area contributed by atoms with Crippen molar-refractivity contribution in [3.63, 3.8) is 0 Å². The van der Waals surface area contributed by atoms with Gasteiger partial charge in [0, 0.05) is 30.1 Å². The normalized spacial score (nSPS) is 10.7. The first-order chi connectivity index (χ1) is 13.2. The predicted octanol–water partition coefficient (Wildman–Crippen LogP) is 4.88. The van der Waals surface area contributed by atoms with Gasteiger partial charge in [0.15, 0.2) is 0 Å². The Morgan fingerprint density at radius 1 is 1.04 bits per heavy atom. The summed E-state index contributed by atoms with van der Waals surface area (Å²) >= 11 is 0. The fourth-order valence-electron chi connectivity index (χ4n) is 2.79. The average molecular weight is 360 g/mol. The molecule has 0 fully saturated rings. The van der Waals surface area contributed by atoms with Crippen molar-refractivity contribution in [2.24, 2.45) is 0 Å². The molecule has 0 amide bonds. The van der Waals surface area contributed by atoms with Crippen LogP contribution in [-0.4, -0.2) is 15.1 Å². The quantitative estimate of drug-likeness (QED) is 0.378. The van der Waals surface area contributed by atoms with Crippen molar-refractivity contribution in [1.29, 1.82) is 0 Å². The lowest BCUT2D eigenvalue weighted by molar-refractivity contribution is -0.384. The number of nitrogens with one attached hydrogen (secondary N) is 2. The first kappa shape index (κ1) is 16.6. The molecule has 0 atom stereocenters. The Balaban J connectivity index is 1.58. The number of aromatic amines is 1. The summed E-state index contributed by atoms with van der Waals surface area (Å²) < 4.78 is 5.87. The molecule has 0 unspecified atom stereocenters. The van der Waals surface area contributed by atoms with Crippen LogP contribution < -0.4 is 10.1 Å². The SMILES string of the molecule is O=[N+]([O-])c1ccc(Oc2ccc3cn[nH]c3c2)cc1NCc1ccccc1. The molecule has 1 heterocycles. The molecular weight excluding hydrogens is 344 g/mol. The van der Waals surface area contributed by atoms with Gasteiger partial charge in [0.25, 0.3) is 5.69 Å². The third-order valence-corrected chi connectivity index (χ3v) is 4.14. The van der Waals surface area contributed by atoms with Crippen molar-refractivity contribution in [2.75, 3.05) is 5.32 Å². The Labute approximate surface area is 154 Å². The molecule has 0 radical (unpaired) electrons. The second-order valence-electron chi connectivity index (χ2n) is 6.00. The maximum absolute atomic E-state index is 11.3. The third-order valence-electron chi connectivity index (χ3n) is 4.14. The maximum Gasteiger partial charge on any atom is 0.292 e. The van der Waals surface area contributed by atoms with Crippen molar-refractivity contribution < 1.29 is 9.66 Å². The smallest absolute Gasteiger partial charge is 0.292 e. The minimum absolute atomic E-state index is 0.00213. The molecule has 4 rings (SSSR count). The molecular formula is C20H16N4O3. The summed E-state index contributed by atoms with van der Waals surface area (Å²) in [5.41, 5.74) is 2.30. The number of hydrogen-bond acceptors (Lipinski definition) is 5. The minimum Gasteiger partial charge on any atom is -0.457 e. The van der Waals surface area contributed by atoms with Gasteiger partial charge < -0.3 is 10.1 Å². The number of nitrogens with zero attached hydrogens (tertiary/aromatic N) is 2. The summed E-state index contributed by atoms with van der Waals surface area (Å²) in [7, 11) is 0. The van der Waals surface area contributed by atoms with Crippen molar-refractivity contribution in [3.8, 4) is 11.5 Å². The summed E-state index contributed by atoms with van der Waals surface area (Å²) in [6, 6.07) is 19.9. The van der Waals surface area contributed by atoms with Gasteiger partial charge >= 0.3 is 0 Å². The van der Waals surface area contributed by atoms with E-state index in [0.717, 1.165) is 16.5 Å². The molecule has 2 N–H and O–H groups in total. The summed E-state index contributed by atoms with van der Waals surface area (Å²) in [4.78, 5) is 10.9. The van der Waals surface area contributed by atoms with Crippen LogP contribution in [0.15, 0.2) is 72.9 Å². The Morgan fingerprint density at radius 2 is 1.81 bits per heavy atom. The van der Waals surface area contributed by atoms with Gasteiger partial charge in [-0.1, -0.05) is 30.3 Å². The molecule has 27 heavy (non-hydrogen) atoms. The highest BCUT2D eigenvalue weighted by atomic mass is 16.6. The molecule has 0 aliphatic carbocycles. The largest absolute Gasteiger partial charge is 0.457 e. The van der Waals surface area contributed by atoms with E-state index in [1.165, 1.54) is 6.07 Å². The average Bonchev–Trinajstić information content (AvgIpc) is 3.15. The molecule has 0 bridgehead atoms. The van der Waals surface area contributed by atoms with E-state index in [4.69, 9.17) is 4.74 Å². The van der Waals surface area contributed by atoms with E-state index in [0.29, 0.717) is 23.7 Å².